The molecule has 1 saturated heterocycles. The minimum absolute atomic E-state index is 0.373. The van der Waals surface area contributed by atoms with Gasteiger partial charge in [0.1, 0.15) is 5.60 Å². The normalized spacial score (nSPS) is 14.7. The van der Waals surface area contributed by atoms with E-state index < -0.39 is 5.60 Å². The smallest absolute Gasteiger partial charge is 0.407 e. The molecule has 1 aliphatic heterocycles. The van der Waals surface area contributed by atoms with Gasteiger partial charge in [-0.2, -0.15) is 0 Å². The number of nitrogens with one attached hydrogen (secondary N) is 1. The molecule has 0 unspecified atom stereocenters. The Balaban J connectivity index is 1.31. The molecular formula is C37H47ClN4O2. The standard InChI is InChI=1S/C37H47ClN4O2/c1-26-10-12-31(30(20-26)23-39)33-25-42(17-7-16-40-36(43)44-37(2,3)4)35-13-11-28(22-32(33)35)21-27-14-18-41(19-15-27)24-29-8-5-6-9-34(29)38/h5-6,8-13,20,22,25,27H,7,14-19,21,23-24,39H2,1-4H3,(H,40,43). The van der Waals surface area contributed by atoms with Crippen LogP contribution in [0.15, 0.2) is 66.9 Å². The van der Waals surface area contributed by atoms with Gasteiger partial charge >= 0.3 is 6.09 Å². The molecule has 1 amide bonds. The van der Waals surface area contributed by atoms with Gasteiger partial charge in [-0.1, -0.05) is 59.6 Å². The van der Waals surface area contributed by atoms with Gasteiger partial charge in [0.05, 0.1) is 0 Å². The number of nitrogens with two attached hydrogens (primary N) is 1. The third kappa shape index (κ3) is 8.23. The van der Waals surface area contributed by atoms with Crippen LogP contribution in [0.1, 0.15) is 62.3 Å². The lowest BCUT2D eigenvalue weighted by Gasteiger charge is -2.32. The highest BCUT2D eigenvalue weighted by atomic mass is 35.5. The highest BCUT2D eigenvalue weighted by Crippen LogP contribution is 2.35. The number of ether oxygens (including phenoxy) is 1. The number of piperidine rings is 1. The number of hydrogen-bond acceptors (Lipinski definition) is 4. The van der Waals surface area contributed by atoms with Crippen LogP contribution in [0.3, 0.4) is 0 Å². The molecular weight excluding hydrogens is 568 g/mol. The monoisotopic (exact) mass is 614 g/mol. The summed E-state index contributed by atoms with van der Waals surface area (Å²) in [5, 5.41) is 5.01. The van der Waals surface area contributed by atoms with Gasteiger partial charge in [-0.25, -0.2) is 4.79 Å². The van der Waals surface area contributed by atoms with Crippen LogP contribution in [0.2, 0.25) is 5.02 Å². The van der Waals surface area contributed by atoms with E-state index in [2.05, 4.69) is 76.4 Å². The van der Waals surface area contributed by atoms with Crippen molar-refractivity contribution >= 4 is 28.6 Å². The summed E-state index contributed by atoms with van der Waals surface area (Å²) in [6.07, 6.45) is 6.15. The number of fused-ring (bicyclic) bond motifs is 1. The summed E-state index contributed by atoms with van der Waals surface area (Å²) in [5.74, 6) is 0.665. The van der Waals surface area contributed by atoms with Crippen LogP contribution >= 0.6 is 11.6 Å². The maximum Gasteiger partial charge on any atom is 0.407 e. The van der Waals surface area contributed by atoms with Crippen LogP contribution in [0.25, 0.3) is 22.0 Å². The number of amides is 1. The van der Waals surface area contributed by atoms with Crippen molar-refractivity contribution in [3.63, 3.8) is 0 Å². The molecule has 1 fully saturated rings. The quantitative estimate of drug-likeness (QED) is 0.177. The first-order chi connectivity index (χ1) is 21.1. The van der Waals surface area contributed by atoms with Crippen LogP contribution in [0.5, 0.6) is 0 Å². The first-order valence-electron chi connectivity index (χ1n) is 15.9. The van der Waals surface area contributed by atoms with Crippen molar-refractivity contribution < 1.29 is 9.53 Å². The van der Waals surface area contributed by atoms with E-state index in [1.807, 2.05) is 32.9 Å². The lowest BCUT2D eigenvalue weighted by atomic mass is 9.89. The van der Waals surface area contributed by atoms with Crippen molar-refractivity contribution in [1.82, 2.24) is 14.8 Å². The molecule has 44 heavy (non-hydrogen) atoms. The maximum absolute atomic E-state index is 12.1. The fourth-order valence-electron chi connectivity index (χ4n) is 6.33. The molecule has 234 valence electrons. The number of halogens is 1. The van der Waals surface area contributed by atoms with Crippen molar-refractivity contribution in [2.24, 2.45) is 11.7 Å². The number of carbonyl (C=O) groups is 1. The average molecular weight is 615 g/mol. The summed E-state index contributed by atoms with van der Waals surface area (Å²) in [5.41, 5.74) is 14.3. The molecule has 0 spiro atoms. The summed E-state index contributed by atoms with van der Waals surface area (Å²) in [4.78, 5) is 14.7. The molecule has 1 aromatic heterocycles. The Hall–Kier alpha value is -3.32. The second-order valence-electron chi connectivity index (χ2n) is 13.2. The lowest BCUT2D eigenvalue weighted by Crippen LogP contribution is -2.33. The highest BCUT2D eigenvalue weighted by Gasteiger charge is 2.21. The summed E-state index contributed by atoms with van der Waals surface area (Å²) >= 11 is 6.42. The molecule has 0 radical (unpaired) electrons. The number of aryl methyl sites for hydroxylation is 2. The van der Waals surface area contributed by atoms with Crippen LogP contribution in [0.4, 0.5) is 4.79 Å². The number of hydrogen-bond donors (Lipinski definition) is 2. The number of alkyl carbamates (subject to hydrolysis) is 1. The molecule has 0 bridgehead atoms. The van der Waals surface area contributed by atoms with Gasteiger partial charge in [0.25, 0.3) is 0 Å². The van der Waals surface area contributed by atoms with Crippen molar-refractivity contribution in [3.05, 3.63) is 94.1 Å². The topological polar surface area (TPSA) is 72.5 Å². The molecule has 2 heterocycles. The number of nitrogens with zero attached hydrogens (tertiary/aromatic N) is 2. The molecule has 6 nitrogen and oxygen atoms in total. The van der Waals surface area contributed by atoms with Gasteiger partial charge in [-0.3, -0.25) is 4.90 Å². The van der Waals surface area contributed by atoms with Gasteiger partial charge in [0.2, 0.25) is 0 Å². The first-order valence-corrected chi connectivity index (χ1v) is 16.3. The third-order valence-electron chi connectivity index (χ3n) is 8.54. The minimum atomic E-state index is -0.504. The largest absolute Gasteiger partial charge is 0.444 e. The van der Waals surface area contributed by atoms with E-state index in [-0.39, 0.29) is 6.09 Å². The van der Waals surface area contributed by atoms with Crippen molar-refractivity contribution in [1.29, 1.82) is 0 Å². The Bertz CT molecular complexity index is 1580. The molecule has 7 heteroatoms. The number of aromatic nitrogens is 1. The van der Waals surface area contributed by atoms with Crippen LogP contribution in [-0.2, 0) is 30.8 Å². The van der Waals surface area contributed by atoms with Crippen LogP contribution in [0, 0.1) is 12.8 Å². The zero-order chi connectivity index (χ0) is 31.3. The van der Waals surface area contributed by atoms with E-state index in [4.69, 9.17) is 22.1 Å². The molecule has 0 atom stereocenters. The molecule has 0 aliphatic carbocycles. The second kappa shape index (κ2) is 14.2. The van der Waals surface area contributed by atoms with E-state index in [1.165, 1.54) is 51.6 Å². The van der Waals surface area contributed by atoms with E-state index in [0.717, 1.165) is 49.6 Å². The Kier molecular flexibility index (Phi) is 10.3. The first kappa shape index (κ1) is 32.1. The maximum atomic E-state index is 12.1. The van der Waals surface area contributed by atoms with Crippen molar-refractivity contribution in [3.8, 4) is 11.1 Å². The Labute approximate surface area is 267 Å². The fraction of sp³-hybridized carbons (Fsp3) is 0.432. The fourth-order valence-corrected chi connectivity index (χ4v) is 6.52. The van der Waals surface area contributed by atoms with Crippen LogP contribution in [-0.4, -0.2) is 40.8 Å². The zero-order valence-corrected chi connectivity index (χ0v) is 27.4. The SMILES string of the molecule is Cc1ccc(-c2cn(CCCNC(=O)OC(C)(C)C)c3ccc(CC4CCN(Cc5ccccc5Cl)CC4)cc23)c(CN)c1. The Morgan fingerprint density at radius 2 is 1.80 bits per heavy atom. The Morgan fingerprint density at radius 1 is 1.02 bits per heavy atom. The number of carbonyl (C=O) groups excluding carboxylic acids is 1. The van der Waals surface area contributed by atoms with Gasteiger partial charge < -0.3 is 20.4 Å². The van der Waals surface area contributed by atoms with Gasteiger partial charge in [-0.15, -0.1) is 0 Å². The van der Waals surface area contributed by atoms with Gasteiger partial charge in [-0.05, 0) is 113 Å². The van der Waals surface area contributed by atoms with E-state index in [9.17, 15) is 4.79 Å². The van der Waals surface area contributed by atoms with Gasteiger partial charge in [0.15, 0.2) is 0 Å². The molecule has 3 aromatic carbocycles. The van der Waals surface area contributed by atoms with E-state index in [1.54, 1.807) is 0 Å². The summed E-state index contributed by atoms with van der Waals surface area (Å²) in [6, 6.07) is 21.7. The predicted octanol–water partition coefficient (Wildman–Crippen LogP) is 8.10. The predicted molar refractivity (Wildman–Crippen MR) is 182 cm³/mol. The van der Waals surface area contributed by atoms with Crippen molar-refractivity contribution in [2.75, 3.05) is 19.6 Å². The van der Waals surface area contributed by atoms with Crippen LogP contribution < -0.4 is 11.1 Å². The lowest BCUT2D eigenvalue weighted by molar-refractivity contribution is 0.0526. The number of rotatable bonds is 10. The molecule has 5 rings (SSSR count). The summed E-state index contributed by atoms with van der Waals surface area (Å²) < 4.78 is 7.71. The number of benzene rings is 3. The second-order valence-corrected chi connectivity index (χ2v) is 13.7. The number of likely N-dealkylation sites (tertiary alicyclic amines) is 1. The van der Waals surface area contributed by atoms with Gasteiger partial charge in [0, 0.05) is 53.9 Å². The molecule has 4 aromatic rings. The zero-order valence-electron chi connectivity index (χ0n) is 26.7. The molecule has 3 N–H and O–H groups in total. The summed E-state index contributed by atoms with van der Waals surface area (Å²) in [6.45, 7) is 12.7. The Morgan fingerprint density at radius 3 is 2.52 bits per heavy atom. The molecule has 0 saturated carbocycles. The third-order valence-corrected chi connectivity index (χ3v) is 8.91. The average Bonchev–Trinajstić information content (AvgIpc) is 3.34. The molecule has 1 aliphatic rings. The highest BCUT2D eigenvalue weighted by molar-refractivity contribution is 6.31. The minimum Gasteiger partial charge on any atom is -0.444 e. The summed E-state index contributed by atoms with van der Waals surface area (Å²) in [7, 11) is 0. The van der Waals surface area contributed by atoms with E-state index >= 15 is 0 Å². The van der Waals surface area contributed by atoms with E-state index in [0.29, 0.717) is 19.0 Å². The van der Waals surface area contributed by atoms with Crippen molar-refractivity contribution in [2.45, 2.75) is 78.6 Å².